The molecule has 1 aliphatic carbocycles. The largest absolute Gasteiger partial charge is 0.472 e. The molecule has 0 saturated heterocycles. The smallest absolute Gasteiger partial charge is 0.251 e. The van der Waals surface area contributed by atoms with E-state index < -0.39 is 0 Å². The van der Waals surface area contributed by atoms with Gasteiger partial charge in [0.2, 0.25) is 11.6 Å². The number of carbonyl (C=O) groups excluding carboxylic acids is 1. The Hall–Kier alpha value is -3.47. The zero-order valence-electron chi connectivity index (χ0n) is 15.2. The Morgan fingerprint density at radius 1 is 1.21 bits per heavy atom. The molecule has 1 saturated carbocycles. The van der Waals surface area contributed by atoms with Gasteiger partial charge in [-0.1, -0.05) is 17.3 Å². The summed E-state index contributed by atoms with van der Waals surface area (Å²) in [5.41, 5.74) is 1.53. The van der Waals surface area contributed by atoms with Crippen LogP contribution >= 0.6 is 0 Å². The van der Waals surface area contributed by atoms with Gasteiger partial charge in [-0.2, -0.15) is 5.26 Å². The van der Waals surface area contributed by atoms with E-state index >= 15 is 0 Å². The second-order valence-electron chi connectivity index (χ2n) is 6.78. The third-order valence-corrected chi connectivity index (χ3v) is 4.87. The van der Waals surface area contributed by atoms with Gasteiger partial charge in [-0.3, -0.25) is 4.79 Å². The first-order valence-corrected chi connectivity index (χ1v) is 9.23. The minimum Gasteiger partial charge on any atom is -0.472 e. The first-order chi connectivity index (χ1) is 13.7. The summed E-state index contributed by atoms with van der Waals surface area (Å²) in [7, 11) is 0. The van der Waals surface area contributed by atoms with Crippen molar-refractivity contribution >= 4 is 16.9 Å². The van der Waals surface area contributed by atoms with Crippen molar-refractivity contribution in [3.8, 4) is 11.9 Å². The third-order valence-electron chi connectivity index (χ3n) is 4.87. The fraction of sp³-hybridized carbons (Fsp3) is 0.350. The van der Waals surface area contributed by atoms with Gasteiger partial charge in [0.15, 0.2) is 5.58 Å². The molecule has 1 N–H and O–H groups in total. The van der Waals surface area contributed by atoms with Crippen molar-refractivity contribution in [1.82, 2.24) is 20.4 Å². The van der Waals surface area contributed by atoms with Crippen molar-refractivity contribution in [3.05, 3.63) is 48.0 Å². The monoisotopic (exact) mass is 377 g/mol. The first-order valence-electron chi connectivity index (χ1n) is 9.23. The maximum atomic E-state index is 12.4. The zero-order chi connectivity index (χ0) is 19.3. The minimum atomic E-state index is -0.0656. The highest BCUT2D eigenvalue weighted by Crippen LogP contribution is 2.24. The zero-order valence-corrected chi connectivity index (χ0v) is 15.2. The lowest BCUT2D eigenvalue weighted by Gasteiger charge is -2.29. The third kappa shape index (κ3) is 3.93. The normalized spacial score (nSPS) is 19.1. The van der Waals surface area contributed by atoms with Crippen LogP contribution in [0.2, 0.25) is 0 Å². The fourth-order valence-corrected chi connectivity index (χ4v) is 3.47. The van der Waals surface area contributed by atoms with Crippen molar-refractivity contribution < 1.29 is 14.1 Å². The molecule has 0 aliphatic heterocycles. The maximum Gasteiger partial charge on any atom is 0.251 e. The van der Waals surface area contributed by atoms with Crippen molar-refractivity contribution in [3.63, 3.8) is 0 Å². The van der Waals surface area contributed by atoms with Crippen LogP contribution in [-0.4, -0.2) is 33.2 Å². The SMILES string of the molecule is N#Cc1nccnc1OC1CCC(NC(=O)Cc2noc3ccccc23)CC1. The molecule has 28 heavy (non-hydrogen) atoms. The second-order valence-corrected chi connectivity index (χ2v) is 6.78. The number of nitriles is 1. The van der Waals surface area contributed by atoms with Crippen molar-refractivity contribution in [2.75, 3.05) is 0 Å². The van der Waals surface area contributed by atoms with Gasteiger partial charge in [-0.25, -0.2) is 9.97 Å². The topological polar surface area (TPSA) is 114 Å². The molecule has 8 nitrogen and oxygen atoms in total. The van der Waals surface area contributed by atoms with E-state index in [1.165, 1.54) is 12.4 Å². The second kappa shape index (κ2) is 8.05. The molecular weight excluding hydrogens is 358 g/mol. The Labute approximate surface area is 161 Å². The molecule has 2 heterocycles. The minimum absolute atomic E-state index is 0.0311. The summed E-state index contributed by atoms with van der Waals surface area (Å²) in [5.74, 6) is 0.208. The number of para-hydroxylation sites is 1. The molecule has 1 aliphatic rings. The van der Waals surface area contributed by atoms with Gasteiger partial charge in [0.1, 0.15) is 17.9 Å². The molecule has 0 unspecified atom stereocenters. The van der Waals surface area contributed by atoms with Crippen LogP contribution in [0.4, 0.5) is 0 Å². The van der Waals surface area contributed by atoms with Crippen LogP contribution in [-0.2, 0) is 11.2 Å². The van der Waals surface area contributed by atoms with Crippen LogP contribution < -0.4 is 10.1 Å². The molecule has 0 spiro atoms. The van der Waals surface area contributed by atoms with E-state index in [-0.39, 0.29) is 36.0 Å². The number of rotatable bonds is 5. The predicted molar refractivity (Wildman–Crippen MR) is 99.3 cm³/mol. The highest BCUT2D eigenvalue weighted by atomic mass is 16.5. The lowest BCUT2D eigenvalue weighted by Crippen LogP contribution is -2.40. The van der Waals surface area contributed by atoms with Crippen LogP contribution in [0.15, 0.2) is 41.2 Å². The van der Waals surface area contributed by atoms with E-state index in [9.17, 15) is 4.79 Å². The number of aromatic nitrogens is 3. The van der Waals surface area contributed by atoms with Gasteiger partial charge in [-0.15, -0.1) is 0 Å². The maximum absolute atomic E-state index is 12.4. The number of fused-ring (bicyclic) bond motifs is 1. The lowest BCUT2D eigenvalue weighted by molar-refractivity contribution is -0.121. The van der Waals surface area contributed by atoms with Crippen molar-refractivity contribution in [2.45, 2.75) is 44.2 Å². The number of hydrogen-bond donors (Lipinski definition) is 1. The number of ether oxygens (including phenoxy) is 1. The van der Waals surface area contributed by atoms with Crippen LogP contribution in [0.25, 0.3) is 11.0 Å². The molecule has 0 bridgehead atoms. The fourth-order valence-electron chi connectivity index (χ4n) is 3.47. The van der Waals surface area contributed by atoms with Gasteiger partial charge >= 0.3 is 0 Å². The van der Waals surface area contributed by atoms with E-state index in [0.717, 1.165) is 31.1 Å². The van der Waals surface area contributed by atoms with E-state index in [1.807, 2.05) is 30.3 Å². The van der Waals surface area contributed by atoms with Crippen molar-refractivity contribution in [2.24, 2.45) is 0 Å². The Morgan fingerprint density at radius 3 is 2.82 bits per heavy atom. The van der Waals surface area contributed by atoms with Crippen LogP contribution in [0.1, 0.15) is 37.1 Å². The number of amides is 1. The van der Waals surface area contributed by atoms with E-state index in [1.54, 1.807) is 0 Å². The number of nitrogens with zero attached hydrogens (tertiary/aromatic N) is 4. The van der Waals surface area contributed by atoms with Crippen LogP contribution in [0.3, 0.4) is 0 Å². The Kier molecular flexibility index (Phi) is 5.15. The van der Waals surface area contributed by atoms with Gasteiger partial charge in [0.05, 0.1) is 6.42 Å². The highest BCUT2D eigenvalue weighted by molar-refractivity contribution is 5.86. The molecule has 3 aromatic rings. The van der Waals surface area contributed by atoms with Gasteiger partial charge in [-0.05, 0) is 37.8 Å². The number of nitrogens with one attached hydrogen (secondary N) is 1. The van der Waals surface area contributed by atoms with E-state index in [0.29, 0.717) is 11.3 Å². The van der Waals surface area contributed by atoms with Crippen LogP contribution in [0, 0.1) is 11.3 Å². The number of benzene rings is 1. The molecule has 8 heteroatoms. The Morgan fingerprint density at radius 2 is 2.00 bits per heavy atom. The Balaban J connectivity index is 1.28. The first kappa shape index (κ1) is 17.9. The number of hydrogen-bond acceptors (Lipinski definition) is 7. The van der Waals surface area contributed by atoms with Crippen LogP contribution in [0.5, 0.6) is 5.88 Å². The van der Waals surface area contributed by atoms with E-state index in [4.69, 9.17) is 14.5 Å². The molecule has 1 fully saturated rings. The number of carbonyl (C=O) groups is 1. The molecule has 1 aromatic carbocycles. The molecule has 142 valence electrons. The molecule has 2 aromatic heterocycles. The van der Waals surface area contributed by atoms with Crippen molar-refractivity contribution in [1.29, 1.82) is 5.26 Å². The quantitative estimate of drug-likeness (QED) is 0.726. The van der Waals surface area contributed by atoms with Gasteiger partial charge < -0.3 is 14.6 Å². The van der Waals surface area contributed by atoms with Gasteiger partial charge in [0.25, 0.3) is 5.88 Å². The van der Waals surface area contributed by atoms with E-state index in [2.05, 4.69) is 20.4 Å². The molecule has 1 amide bonds. The summed E-state index contributed by atoms with van der Waals surface area (Å²) in [6.07, 6.45) is 6.30. The standard InChI is InChI=1S/C20H19N5O3/c21-12-17-20(23-10-9-22-17)27-14-7-5-13(6-8-14)24-19(26)11-16-15-3-1-2-4-18(15)28-25-16/h1-4,9-10,13-14H,5-8,11H2,(H,24,26). The molecular formula is C20H19N5O3. The average molecular weight is 377 g/mol. The summed E-state index contributed by atoms with van der Waals surface area (Å²) in [6, 6.07) is 9.59. The molecule has 0 radical (unpaired) electrons. The summed E-state index contributed by atoms with van der Waals surface area (Å²) in [5, 5.41) is 17.0. The molecule has 4 rings (SSSR count). The summed E-state index contributed by atoms with van der Waals surface area (Å²) in [4.78, 5) is 20.4. The molecule has 0 atom stereocenters. The summed E-state index contributed by atoms with van der Waals surface area (Å²) in [6.45, 7) is 0. The summed E-state index contributed by atoms with van der Waals surface area (Å²) < 4.78 is 11.1. The lowest BCUT2D eigenvalue weighted by atomic mass is 9.93. The van der Waals surface area contributed by atoms with Gasteiger partial charge in [0, 0.05) is 23.8 Å². The Bertz CT molecular complexity index is 1020. The highest BCUT2D eigenvalue weighted by Gasteiger charge is 2.25. The predicted octanol–water partition coefficient (Wildman–Crippen LogP) is 2.54. The average Bonchev–Trinajstić information content (AvgIpc) is 3.13. The summed E-state index contributed by atoms with van der Waals surface area (Å²) >= 11 is 0.